The number of aryl methyl sites for hydroxylation is 1. The van der Waals surface area contributed by atoms with Gasteiger partial charge in [-0.3, -0.25) is 9.59 Å². The number of benzene rings is 1. The summed E-state index contributed by atoms with van der Waals surface area (Å²) >= 11 is 0. The molecule has 1 aromatic heterocycles. The van der Waals surface area contributed by atoms with E-state index in [1.807, 2.05) is 31.2 Å². The van der Waals surface area contributed by atoms with Gasteiger partial charge in [0.05, 0.1) is 0 Å². The lowest BCUT2D eigenvalue weighted by molar-refractivity contribution is -0.118. The molecule has 7 nitrogen and oxygen atoms in total. The normalized spacial score (nSPS) is 14.3. The fraction of sp³-hybridized carbons (Fsp3) is 0.333. The molecule has 0 aliphatic carbocycles. The van der Waals surface area contributed by atoms with Crippen LogP contribution in [0, 0.1) is 0 Å². The Morgan fingerprint density at radius 1 is 1.12 bits per heavy atom. The summed E-state index contributed by atoms with van der Waals surface area (Å²) in [6.07, 6.45) is 1.71. The van der Waals surface area contributed by atoms with Crippen molar-refractivity contribution >= 4 is 23.8 Å². The maximum atomic E-state index is 12.4. The van der Waals surface area contributed by atoms with Gasteiger partial charge in [0.15, 0.2) is 11.5 Å². The zero-order chi connectivity index (χ0) is 17.6. The highest BCUT2D eigenvalue weighted by molar-refractivity contribution is 6.03. The van der Waals surface area contributed by atoms with Gasteiger partial charge in [-0.2, -0.15) is 0 Å². The number of carbonyl (C=O) groups is 2. The maximum absolute atomic E-state index is 12.4. The summed E-state index contributed by atoms with van der Waals surface area (Å²) in [5, 5.41) is 11.1. The number of hydrogen-bond acceptors (Lipinski definition) is 5. The third-order valence-corrected chi connectivity index (χ3v) is 4.32. The van der Waals surface area contributed by atoms with Crippen LogP contribution in [0.1, 0.15) is 23.0 Å². The van der Waals surface area contributed by atoms with E-state index >= 15 is 0 Å². The molecule has 0 spiro atoms. The molecule has 130 valence electrons. The van der Waals surface area contributed by atoms with E-state index < -0.39 is 0 Å². The Bertz CT molecular complexity index is 739. The summed E-state index contributed by atoms with van der Waals surface area (Å²) in [5.74, 6) is 0.446. The van der Waals surface area contributed by atoms with Gasteiger partial charge < -0.3 is 15.1 Å². The van der Waals surface area contributed by atoms with Gasteiger partial charge in [-0.25, -0.2) is 0 Å². The lowest BCUT2D eigenvalue weighted by Gasteiger charge is -2.32. The molecule has 2 aromatic rings. The van der Waals surface area contributed by atoms with Gasteiger partial charge in [0.1, 0.15) is 0 Å². The van der Waals surface area contributed by atoms with Crippen molar-refractivity contribution in [2.24, 2.45) is 0 Å². The van der Waals surface area contributed by atoms with Crippen molar-refractivity contribution in [1.82, 2.24) is 15.1 Å². The number of para-hydroxylation sites is 1. The van der Waals surface area contributed by atoms with Crippen molar-refractivity contribution < 1.29 is 9.59 Å². The molecule has 7 heteroatoms. The fourth-order valence-corrected chi connectivity index (χ4v) is 2.81. The lowest BCUT2D eigenvalue weighted by Crippen LogP contribution is -2.46. The molecule has 0 unspecified atom stereocenters. The Labute approximate surface area is 146 Å². The third kappa shape index (κ3) is 3.93. The van der Waals surface area contributed by atoms with Crippen molar-refractivity contribution in [2.75, 3.05) is 36.4 Å². The first-order chi connectivity index (χ1) is 12.2. The van der Waals surface area contributed by atoms with Crippen molar-refractivity contribution in [3.8, 4) is 0 Å². The zero-order valence-electron chi connectivity index (χ0n) is 14.2. The second-order valence-electron chi connectivity index (χ2n) is 5.87. The molecule has 2 heterocycles. The molecule has 0 radical (unpaired) electrons. The van der Waals surface area contributed by atoms with E-state index in [2.05, 4.69) is 20.4 Å². The maximum Gasteiger partial charge on any atom is 0.276 e. The minimum Gasteiger partial charge on any atom is -0.352 e. The molecule has 0 bridgehead atoms. The quantitative estimate of drug-likeness (QED) is 0.837. The minimum absolute atomic E-state index is 0.272. The Kier molecular flexibility index (Phi) is 5.23. The second kappa shape index (κ2) is 7.74. The Morgan fingerprint density at radius 3 is 2.52 bits per heavy atom. The molecule has 0 saturated carbocycles. The van der Waals surface area contributed by atoms with Gasteiger partial charge in [-0.05, 0) is 30.2 Å². The molecule has 3 rings (SSSR count). The van der Waals surface area contributed by atoms with Crippen LogP contribution in [0.4, 0.5) is 11.5 Å². The minimum atomic E-state index is -0.272. The molecule has 1 aliphatic heterocycles. The number of carbonyl (C=O) groups excluding carboxylic acids is 2. The van der Waals surface area contributed by atoms with Crippen LogP contribution in [0.5, 0.6) is 0 Å². The first-order valence-corrected chi connectivity index (χ1v) is 8.38. The summed E-state index contributed by atoms with van der Waals surface area (Å²) in [5.41, 5.74) is 2.15. The van der Waals surface area contributed by atoms with Gasteiger partial charge in [-0.15, -0.1) is 10.2 Å². The van der Waals surface area contributed by atoms with E-state index in [4.69, 9.17) is 0 Å². The van der Waals surface area contributed by atoms with Crippen molar-refractivity contribution in [3.05, 3.63) is 47.7 Å². The molecule has 1 aliphatic rings. The zero-order valence-corrected chi connectivity index (χ0v) is 14.2. The predicted molar refractivity (Wildman–Crippen MR) is 95.7 cm³/mol. The number of nitrogens with zero attached hydrogens (tertiary/aromatic N) is 4. The highest BCUT2D eigenvalue weighted by Crippen LogP contribution is 2.17. The van der Waals surface area contributed by atoms with E-state index in [1.165, 1.54) is 0 Å². The molecule has 1 saturated heterocycles. The number of nitrogens with one attached hydrogen (secondary N) is 1. The molecule has 0 atom stereocenters. The molecule has 1 fully saturated rings. The average Bonchev–Trinajstić information content (AvgIpc) is 2.68. The largest absolute Gasteiger partial charge is 0.352 e. The smallest absolute Gasteiger partial charge is 0.276 e. The van der Waals surface area contributed by atoms with Gasteiger partial charge in [0.25, 0.3) is 5.91 Å². The highest BCUT2D eigenvalue weighted by atomic mass is 16.2. The first kappa shape index (κ1) is 16.9. The Balaban J connectivity index is 1.66. The van der Waals surface area contributed by atoms with Crippen LogP contribution in [0.25, 0.3) is 0 Å². The summed E-state index contributed by atoms with van der Waals surface area (Å²) in [7, 11) is 0. The van der Waals surface area contributed by atoms with E-state index in [-0.39, 0.29) is 11.6 Å². The van der Waals surface area contributed by atoms with E-state index in [0.29, 0.717) is 26.2 Å². The van der Waals surface area contributed by atoms with Crippen LogP contribution in [0.2, 0.25) is 0 Å². The van der Waals surface area contributed by atoms with Crippen molar-refractivity contribution in [3.63, 3.8) is 0 Å². The highest BCUT2D eigenvalue weighted by Gasteiger charge is 2.18. The van der Waals surface area contributed by atoms with Crippen LogP contribution in [0.3, 0.4) is 0 Å². The van der Waals surface area contributed by atoms with Crippen molar-refractivity contribution in [1.29, 1.82) is 0 Å². The fourth-order valence-electron chi connectivity index (χ4n) is 2.81. The van der Waals surface area contributed by atoms with E-state index in [1.54, 1.807) is 17.0 Å². The van der Waals surface area contributed by atoms with Gasteiger partial charge in [0.2, 0.25) is 6.41 Å². The predicted octanol–water partition coefficient (Wildman–Crippen LogP) is 1.57. The molecule has 25 heavy (non-hydrogen) atoms. The SMILES string of the molecule is CCc1ccccc1NC(=O)c1ccc(N2CCN(C=O)CC2)nn1. The first-order valence-electron chi connectivity index (χ1n) is 8.38. The van der Waals surface area contributed by atoms with Gasteiger partial charge in [0, 0.05) is 31.9 Å². The molecule has 1 N–H and O–H groups in total. The number of amides is 2. The lowest BCUT2D eigenvalue weighted by atomic mass is 10.1. The van der Waals surface area contributed by atoms with Crippen LogP contribution in [-0.2, 0) is 11.2 Å². The number of piperazine rings is 1. The summed E-state index contributed by atoms with van der Waals surface area (Å²) in [6, 6.07) is 11.2. The van der Waals surface area contributed by atoms with Crippen LogP contribution < -0.4 is 10.2 Å². The average molecular weight is 339 g/mol. The van der Waals surface area contributed by atoms with Gasteiger partial charge >= 0.3 is 0 Å². The molecule has 2 amide bonds. The number of hydrogen-bond donors (Lipinski definition) is 1. The third-order valence-electron chi connectivity index (χ3n) is 4.32. The Hall–Kier alpha value is -2.96. The number of anilines is 2. The summed E-state index contributed by atoms with van der Waals surface area (Å²) < 4.78 is 0. The topological polar surface area (TPSA) is 78.4 Å². The molecular weight excluding hydrogens is 318 g/mol. The van der Waals surface area contributed by atoms with Crippen LogP contribution >= 0.6 is 0 Å². The monoisotopic (exact) mass is 339 g/mol. The number of aromatic nitrogens is 2. The number of rotatable bonds is 5. The second-order valence-corrected chi connectivity index (χ2v) is 5.87. The Morgan fingerprint density at radius 2 is 1.88 bits per heavy atom. The van der Waals surface area contributed by atoms with Crippen LogP contribution in [0.15, 0.2) is 36.4 Å². The molecule has 1 aromatic carbocycles. The summed E-state index contributed by atoms with van der Waals surface area (Å²) in [6.45, 7) is 4.80. The van der Waals surface area contributed by atoms with E-state index in [0.717, 1.165) is 29.9 Å². The van der Waals surface area contributed by atoms with Crippen LogP contribution in [-0.4, -0.2) is 53.6 Å². The standard InChI is InChI=1S/C18H21N5O2/c1-2-14-5-3-4-6-15(14)19-18(25)16-7-8-17(21-20-16)23-11-9-22(13-24)10-12-23/h3-8,13H,2,9-12H2,1H3,(H,19,25). The van der Waals surface area contributed by atoms with Gasteiger partial charge in [-0.1, -0.05) is 25.1 Å². The van der Waals surface area contributed by atoms with Crippen molar-refractivity contribution in [2.45, 2.75) is 13.3 Å². The summed E-state index contributed by atoms with van der Waals surface area (Å²) in [4.78, 5) is 26.9. The molecular formula is C18H21N5O2. The van der Waals surface area contributed by atoms with E-state index in [9.17, 15) is 9.59 Å².